The molecule has 0 unspecified atom stereocenters. The van der Waals surface area contributed by atoms with E-state index in [1.54, 1.807) is 6.07 Å². The Morgan fingerprint density at radius 2 is 1.92 bits per heavy atom. The summed E-state index contributed by atoms with van der Waals surface area (Å²) in [4.78, 5) is 24.5. The molecule has 184 valence electrons. The number of methoxy groups -OCH3 is 1. The highest BCUT2D eigenvalue weighted by Crippen LogP contribution is 2.53. The third-order valence-electron chi connectivity index (χ3n) is 7.70. The van der Waals surface area contributed by atoms with Gasteiger partial charge in [0.25, 0.3) is 0 Å². The second-order valence-corrected chi connectivity index (χ2v) is 10.8. The molecule has 2 aliphatic rings. The summed E-state index contributed by atoms with van der Waals surface area (Å²) in [6.07, 6.45) is 3.02. The van der Waals surface area contributed by atoms with Crippen molar-refractivity contribution in [3.63, 3.8) is 0 Å². The number of likely N-dealkylation sites (tertiary alicyclic amines) is 1. The van der Waals surface area contributed by atoms with Crippen LogP contribution in [0.15, 0.2) is 60.7 Å². The fourth-order valence-electron chi connectivity index (χ4n) is 5.47. The molecule has 1 aliphatic heterocycles. The van der Waals surface area contributed by atoms with Crippen LogP contribution in [0.2, 0.25) is 0 Å². The maximum atomic E-state index is 15.4. The number of nitrogens with zero attached hydrogens (tertiary/aromatic N) is 3. The van der Waals surface area contributed by atoms with E-state index in [2.05, 4.69) is 42.2 Å². The SMILES string of the molecule is CC[C@@H](c1ccc(-c2nc3ccc(C4(c5ccccc5)CC4)nc3s2)c(F)c1)N1CC(C(=O)OC)C1. The standard InChI is InChI=1S/C29H28FN3O2S/c1-3-24(33-16-19(17-33)28(34)35-2)18-9-10-21(22(30)15-18)26-31-23-11-12-25(32-27(23)36-26)29(13-14-29)20-7-5-4-6-8-20/h4-12,15,19,24H,3,13-14,16-17H2,1-2H3/t24-/m0/s1. The summed E-state index contributed by atoms with van der Waals surface area (Å²) in [7, 11) is 1.42. The van der Waals surface area contributed by atoms with Crippen LogP contribution >= 0.6 is 11.3 Å². The Balaban J connectivity index is 1.25. The Morgan fingerprint density at radius 3 is 2.58 bits per heavy atom. The van der Waals surface area contributed by atoms with Crippen LogP contribution in [-0.2, 0) is 14.9 Å². The average molecular weight is 502 g/mol. The first-order valence-corrected chi connectivity index (χ1v) is 13.3. The van der Waals surface area contributed by atoms with Gasteiger partial charge in [-0.1, -0.05) is 54.7 Å². The topological polar surface area (TPSA) is 55.3 Å². The van der Waals surface area contributed by atoms with Crippen LogP contribution in [0.1, 0.15) is 49.0 Å². The van der Waals surface area contributed by atoms with E-state index in [9.17, 15) is 4.79 Å². The molecule has 6 rings (SSSR count). The molecule has 0 spiro atoms. The molecular formula is C29H28FN3O2S. The Hall–Kier alpha value is -3.16. The molecular weight excluding hydrogens is 473 g/mol. The summed E-state index contributed by atoms with van der Waals surface area (Å²) in [6.45, 7) is 3.37. The number of pyridine rings is 1. The highest BCUT2D eigenvalue weighted by molar-refractivity contribution is 7.21. The number of aromatic nitrogens is 2. The first kappa shape index (κ1) is 23.3. The van der Waals surface area contributed by atoms with Crippen molar-refractivity contribution in [3.8, 4) is 10.6 Å². The number of benzene rings is 2. The van der Waals surface area contributed by atoms with Gasteiger partial charge >= 0.3 is 5.97 Å². The van der Waals surface area contributed by atoms with Gasteiger partial charge in [0.1, 0.15) is 21.2 Å². The third-order valence-corrected chi connectivity index (χ3v) is 8.70. The summed E-state index contributed by atoms with van der Waals surface area (Å²) < 4.78 is 20.2. The molecule has 1 saturated heterocycles. The molecule has 1 atom stereocenters. The zero-order valence-corrected chi connectivity index (χ0v) is 21.2. The van der Waals surface area contributed by atoms with Crippen molar-refractivity contribution in [2.75, 3.05) is 20.2 Å². The normalized spacial score (nSPS) is 18.1. The molecule has 5 nitrogen and oxygen atoms in total. The summed E-state index contributed by atoms with van der Waals surface area (Å²) in [6, 6.07) is 20.1. The van der Waals surface area contributed by atoms with Gasteiger partial charge in [-0.05, 0) is 54.7 Å². The summed E-state index contributed by atoms with van der Waals surface area (Å²) >= 11 is 1.44. The van der Waals surface area contributed by atoms with Crippen molar-refractivity contribution in [3.05, 3.63) is 83.3 Å². The minimum absolute atomic E-state index is 0.00853. The predicted octanol–water partition coefficient (Wildman–Crippen LogP) is 6.13. The number of carbonyl (C=O) groups is 1. The fourth-order valence-corrected chi connectivity index (χ4v) is 6.44. The van der Waals surface area contributed by atoms with Crippen molar-refractivity contribution in [1.82, 2.24) is 14.9 Å². The van der Waals surface area contributed by atoms with Gasteiger partial charge in [0.15, 0.2) is 0 Å². The first-order valence-electron chi connectivity index (χ1n) is 12.5. The second kappa shape index (κ2) is 9.05. The van der Waals surface area contributed by atoms with E-state index in [4.69, 9.17) is 14.7 Å². The van der Waals surface area contributed by atoms with Gasteiger partial charge in [-0.15, -0.1) is 0 Å². The van der Waals surface area contributed by atoms with Crippen LogP contribution in [-0.4, -0.2) is 41.0 Å². The number of hydrogen-bond acceptors (Lipinski definition) is 6. The maximum absolute atomic E-state index is 15.4. The van der Waals surface area contributed by atoms with Gasteiger partial charge < -0.3 is 4.74 Å². The highest BCUT2D eigenvalue weighted by Gasteiger charge is 2.47. The van der Waals surface area contributed by atoms with Gasteiger partial charge in [0, 0.05) is 30.1 Å². The number of halogens is 1. The van der Waals surface area contributed by atoms with Crippen LogP contribution in [0.3, 0.4) is 0 Å². The lowest BCUT2D eigenvalue weighted by atomic mass is 9.92. The average Bonchev–Trinajstić information content (AvgIpc) is 3.58. The van der Waals surface area contributed by atoms with Crippen molar-refractivity contribution >= 4 is 27.7 Å². The molecule has 2 aromatic carbocycles. The summed E-state index contributed by atoms with van der Waals surface area (Å²) in [5.74, 6) is -0.546. The molecule has 3 heterocycles. The zero-order valence-electron chi connectivity index (χ0n) is 20.4. The molecule has 0 radical (unpaired) electrons. The number of thiazole rings is 1. The van der Waals surface area contributed by atoms with Gasteiger partial charge in [-0.2, -0.15) is 0 Å². The Labute approximate surface area is 214 Å². The number of fused-ring (bicyclic) bond motifs is 1. The van der Waals surface area contributed by atoms with E-state index in [1.165, 1.54) is 24.0 Å². The smallest absolute Gasteiger partial charge is 0.311 e. The van der Waals surface area contributed by atoms with Crippen LogP contribution in [0.25, 0.3) is 20.9 Å². The molecule has 7 heteroatoms. The van der Waals surface area contributed by atoms with Crippen molar-refractivity contribution in [1.29, 1.82) is 0 Å². The summed E-state index contributed by atoms with van der Waals surface area (Å²) in [5.41, 5.74) is 4.57. The largest absolute Gasteiger partial charge is 0.469 e. The number of hydrogen-bond donors (Lipinski definition) is 0. The Morgan fingerprint density at radius 1 is 1.14 bits per heavy atom. The highest BCUT2D eigenvalue weighted by atomic mass is 32.1. The van der Waals surface area contributed by atoms with Gasteiger partial charge in [0.05, 0.1) is 18.7 Å². The number of esters is 1. The number of carbonyl (C=O) groups excluding carboxylic acids is 1. The quantitative estimate of drug-likeness (QED) is 0.285. The van der Waals surface area contributed by atoms with Crippen molar-refractivity contribution in [2.45, 2.75) is 37.6 Å². The van der Waals surface area contributed by atoms with Crippen LogP contribution in [0.5, 0.6) is 0 Å². The lowest BCUT2D eigenvalue weighted by molar-refractivity contribution is -0.152. The minimum Gasteiger partial charge on any atom is -0.469 e. The maximum Gasteiger partial charge on any atom is 0.311 e. The Kier molecular flexibility index (Phi) is 5.85. The summed E-state index contributed by atoms with van der Waals surface area (Å²) in [5, 5.41) is 0.644. The monoisotopic (exact) mass is 501 g/mol. The fraction of sp³-hybridized carbons (Fsp3) is 0.345. The van der Waals surface area contributed by atoms with Gasteiger partial charge in [0.2, 0.25) is 0 Å². The van der Waals surface area contributed by atoms with Gasteiger partial charge in [-0.25, -0.2) is 14.4 Å². The molecule has 0 amide bonds. The lowest BCUT2D eigenvalue weighted by Crippen LogP contribution is -2.51. The molecule has 1 aliphatic carbocycles. The number of rotatable bonds is 7. The minimum atomic E-state index is -0.279. The molecule has 0 N–H and O–H groups in total. The van der Waals surface area contributed by atoms with Gasteiger partial charge in [-0.3, -0.25) is 9.69 Å². The third kappa shape index (κ3) is 3.91. The van der Waals surface area contributed by atoms with Crippen LogP contribution in [0, 0.1) is 11.7 Å². The van der Waals surface area contributed by atoms with Crippen LogP contribution < -0.4 is 0 Å². The lowest BCUT2D eigenvalue weighted by Gasteiger charge is -2.43. The Bertz CT molecular complexity index is 1430. The molecule has 2 aromatic heterocycles. The molecule has 4 aromatic rings. The molecule has 2 fully saturated rings. The van der Waals surface area contributed by atoms with E-state index in [-0.39, 0.29) is 29.2 Å². The van der Waals surface area contributed by atoms with E-state index in [0.29, 0.717) is 23.7 Å². The van der Waals surface area contributed by atoms with E-state index in [0.717, 1.165) is 40.9 Å². The van der Waals surface area contributed by atoms with Crippen molar-refractivity contribution < 1.29 is 13.9 Å². The molecule has 1 saturated carbocycles. The first-order chi connectivity index (χ1) is 17.5. The van der Waals surface area contributed by atoms with E-state index in [1.807, 2.05) is 24.3 Å². The van der Waals surface area contributed by atoms with Crippen LogP contribution in [0.4, 0.5) is 4.39 Å². The number of ether oxygens (including phenoxy) is 1. The molecule has 0 bridgehead atoms. The van der Waals surface area contributed by atoms with Crippen molar-refractivity contribution in [2.24, 2.45) is 5.92 Å². The zero-order chi connectivity index (χ0) is 24.9. The molecule has 36 heavy (non-hydrogen) atoms. The second-order valence-electron chi connectivity index (χ2n) is 9.83. The van der Waals surface area contributed by atoms with E-state index >= 15 is 4.39 Å². The van der Waals surface area contributed by atoms with E-state index < -0.39 is 0 Å². The predicted molar refractivity (Wildman–Crippen MR) is 139 cm³/mol.